The number of carbonyl (C=O) groups is 1. The lowest BCUT2D eigenvalue weighted by Crippen LogP contribution is -2.37. The summed E-state index contributed by atoms with van der Waals surface area (Å²) in [5.74, 6) is -3.34. The average Bonchev–Trinajstić information content (AvgIpc) is 2.18. The van der Waals surface area contributed by atoms with E-state index in [2.05, 4.69) is 0 Å². The summed E-state index contributed by atoms with van der Waals surface area (Å²) >= 11 is 0. The lowest BCUT2D eigenvalue weighted by atomic mass is 10.2. The summed E-state index contributed by atoms with van der Waals surface area (Å²) in [6.07, 6.45) is -4.61. The van der Waals surface area contributed by atoms with Gasteiger partial charge in [0.15, 0.2) is 0 Å². The second-order valence-electron chi connectivity index (χ2n) is 3.89. The normalized spacial score (nSPS) is 11.9. The second-order valence-corrected chi connectivity index (χ2v) is 3.89. The van der Waals surface area contributed by atoms with Crippen molar-refractivity contribution < 1.29 is 31.9 Å². The Morgan fingerprint density at radius 1 is 1.26 bits per heavy atom. The van der Waals surface area contributed by atoms with Crippen molar-refractivity contribution in [3.8, 4) is 0 Å². The third kappa shape index (κ3) is 5.64. The smallest absolute Gasteiger partial charge is 0.401 e. The van der Waals surface area contributed by atoms with Gasteiger partial charge < -0.3 is 5.11 Å². The van der Waals surface area contributed by atoms with E-state index in [0.717, 1.165) is 12.1 Å². The van der Waals surface area contributed by atoms with Crippen LogP contribution < -0.4 is 0 Å². The van der Waals surface area contributed by atoms with Crippen LogP contribution in [0.4, 0.5) is 22.0 Å². The molecular weight excluding hydrogens is 273 g/mol. The number of hydrogen-bond acceptors (Lipinski definition) is 2. The maximum absolute atomic E-state index is 13.3. The number of carboxylic acids is 1. The largest absolute Gasteiger partial charge is 0.480 e. The van der Waals surface area contributed by atoms with Crippen LogP contribution in [0.3, 0.4) is 0 Å². The lowest BCUT2D eigenvalue weighted by molar-refractivity contribution is -0.155. The van der Waals surface area contributed by atoms with E-state index in [1.54, 1.807) is 0 Å². The fourth-order valence-corrected chi connectivity index (χ4v) is 1.50. The molecule has 0 radical (unpaired) electrons. The molecule has 0 aliphatic rings. The quantitative estimate of drug-likeness (QED) is 0.844. The Kier molecular flexibility index (Phi) is 4.82. The topological polar surface area (TPSA) is 40.5 Å². The molecule has 0 amide bonds. The van der Waals surface area contributed by atoms with Crippen molar-refractivity contribution >= 4 is 5.97 Å². The highest BCUT2D eigenvalue weighted by Gasteiger charge is 2.31. The van der Waals surface area contributed by atoms with Gasteiger partial charge in [-0.05, 0) is 6.07 Å². The minimum Gasteiger partial charge on any atom is -0.480 e. The van der Waals surface area contributed by atoms with Gasteiger partial charge in [-0.25, -0.2) is 8.78 Å². The molecule has 0 heterocycles. The monoisotopic (exact) mass is 283 g/mol. The Morgan fingerprint density at radius 3 is 2.37 bits per heavy atom. The maximum Gasteiger partial charge on any atom is 0.401 e. The summed E-state index contributed by atoms with van der Waals surface area (Å²) in [6.45, 7) is -2.95. The van der Waals surface area contributed by atoms with Crippen LogP contribution in [0.1, 0.15) is 5.56 Å². The van der Waals surface area contributed by atoms with Gasteiger partial charge in [0.1, 0.15) is 11.6 Å². The average molecular weight is 283 g/mol. The molecule has 0 bridgehead atoms. The van der Waals surface area contributed by atoms with Crippen molar-refractivity contribution in [1.82, 2.24) is 4.90 Å². The van der Waals surface area contributed by atoms with Gasteiger partial charge in [0.2, 0.25) is 0 Å². The first-order chi connectivity index (χ1) is 8.67. The molecule has 106 valence electrons. The van der Waals surface area contributed by atoms with E-state index in [1.165, 1.54) is 0 Å². The van der Waals surface area contributed by atoms with Crippen molar-refractivity contribution in [2.24, 2.45) is 0 Å². The Morgan fingerprint density at radius 2 is 1.89 bits per heavy atom. The number of rotatable bonds is 5. The van der Waals surface area contributed by atoms with Crippen molar-refractivity contribution in [1.29, 1.82) is 0 Å². The van der Waals surface area contributed by atoms with E-state index in [4.69, 9.17) is 5.11 Å². The van der Waals surface area contributed by atoms with E-state index in [-0.39, 0.29) is 5.56 Å². The number of alkyl halides is 3. The fourth-order valence-electron chi connectivity index (χ4n) is 1.50. The molecule has 1 N–H and O–H groups in total. The predicted molar refractivity (Wildman–Crippen MR) is 55.3 cm³/mol. The van der Waals surface area contributed by atoms with Gasteiger partial charge in [-0.15, -0.1) is 0 Å². The van der Waals surface area contributed by atoms with Gasteiger partial charge in [-0.2, -0.15) is 13.2 Å². The van der Waals surface area contributed by atoms with Crippen LogP contribution in [0.25, 0.3) is 0 Å². The number of hydrogen-bond donors (Lipinski definition) is 1. The Labute approximate surface area is 105 Å². The molecule has 0 saturated carbocycles. The van der Waals surface area contributed by atoms with Gasteiger partial charge in [0, 0.05) is 18.2 Å². The molecule has 19 heavy (non-hydrogen) atoms. The number of benzene rings is 1. The van der Waals surface area contributed by atoms with Crippen LogP contribution in [0, 0.1) is 11.6 Å². The third-order valence-electron chi connectivity index (χ3n) is 2.17. The molecule has 0 aromatic heterocycles. The molecule has 0 fully saturated rings. The number of carboxylic acid groups (broad SMARTS) is 1. The third-order valence-corrected chi connectivity index (χ3v) is 2.17. The van der Waals surface area contributed by atoms with Crippen LogP contribution in [0.15, 0.2) is 18.2 Å². The summed E-state index contributed by atoms with van der Waals surface area (Å²) in [6, 6.07) is 2.41. The van der Waals surface area contributed by atoms with Crippen molar-refractivity contribution in [3.63, 3.8) is 0 Å². The molecule has 1 aromatic rings. The van der Waals surface area contributed by atoms with Gasteiger partial charge >= 0.3 is 12.1 Å². The molecule has 1 rings (SSSR count). The van der Waals surface area contributed by atoms with Crippen LogP contribution in [0.2, 0.25) is 0 Å². The highest BCUT2D eigenvalue weighted by atomic mass is 19.4. The number of halogens is 5. The number of aliphatic carboxylic acids is 1. The molecule has 8 heteroatoms. The maximum atomic E-state index is 13.3. The molecule has 3 nitrogen and oxygen atoms in total. The van der Waals surface area contributed by atoms with Crippen molar-refractivity contribution in [3.05, 3.63) is 35.4 Å². The Bertz CT molecular complexity index is 461. The highest BCUT2D eigenvalue weighted by Crippen LogP contribution is 2.19. The highest BCUT2D eigenvalue weighted by molar-refractivity contribution is 5.69. The second kappa shape index (κ2) is 5.96. The Balaban J connectivity index is 2.84. The Hall–Kier alpha value is -1.70. The minimum atomic E-state index is -4.61. The fraction of sp³-hybridized carbons (Fsp3) is 0.364. The summed E-state index contributed by atoms with van der Waals surface area (Å²) in [5, 5.41) is 8.51. The van der Waals surface area contributed by atoms with Gasteiger partial charge in [0.05, 0.1) is 13.1 Å². The molecule has 0 saturated heterocycles. The van der Waals surface area contributed by atoms with Crippen molar-refractivity contribution in [2.75, 3.05) is 13.1 Å². The predicted octanol–water partition coefficient (Wildman–Crippen LogP) is 2.41. The van der Waals surface area contributed by atoms with Gasteiger partial charge in [-0.3, -0.25) is 9.69 Å². The number of nitrogens with zero attached hydrogens (tertiary/aromatic N) is 1. The molecule has 0 spiro atoms. The van der Waals surface area contributed by atoms with Crippen LogP contribution >= 0.6 is 0 Å². The summed E-state index contributed by atoms with van der Waals surface area (Å²) < 4.78 is 62.6. The first-order valence-electron chi connectivity index (χ1n) is 5.12. The van der Waals surface area contributed by atoms with Crippen LogP contribution in [0.5, 0.6) is 0 Å². The van der Waals surface area contributed by atoms with Crippen LogP contribution in [-0.4, -0.2) is 35.2 Å². The molecule has 1 aromatic carbocycles. The molecule has 0 aliphatic heterocycles. The van der Waals surface area contributed by atoms with E-state index < -0.39 is 43.4 Å². The first kappa shape index (κ1) is 15.4. The molecule has 0 unspecified atom stereocenters. The summed E-state index contributed by atoms with van der Waals surface area (Å²) in [5.41, 5.74) is -0.202. The van der Waals surface area contributed by atoms with E-state index in [9.17, 15) is 26.7 Å². The summed E-state index contributed by atoms with van der Waals surface area (Å²) in [4.78, 5) is 11.0. The molecule has 0 aliphatic carbocycles. The SMILES string of the molecule is O=C(O)CN(Cc1ccc(F)cc1F)CC(F)(F)F. The first-order valence-corrected chi connectivity index (χ1v) is 5.12. The zero-order valence-corrected chi connectivity index (χ0v) is 9.55. The molecule has 0 atom stereocenters. The zero-order chi connectivity index (χ0) is 14.6. The summed E-state index contributed by atoms with van der Waals surface area (Å²) in [7, 11) is 0. The van der Waals surface area contributed by atoms with E-state index in [0.29, 0.717) is 11.0 Å². The zero-order valence-electron chi connectivity index (χ0n) is 9.55. The standard InChI is InChI=1S/C11H10F5NO2/c12-8-2-1-7(9(13)3-8)4-17(5-10(18)19)6-11(14,15)16/h1-3H,4-6H2,(H,18,19). The van der Waals surface area contributed by atoms with Gasteiger partial charge in [-0.1, -0.05) is 6.07 Å². The van der Waals surface area contributed by atoms with Crippen molar-refractivity contribution in [2.45, 2.75) is 12.7 Å². The van der Waals surface area contributed by atoms with E-state index >= 15 is 0 Å². The minimum absolute atomic E-state index is 0.202. The lowest BCUT2D eigenvalue weighted by Gasteiger charge is -2.21. The van der Waals surface area contributed by atoms with E-state index in [1.807, 2.05) is 0 Å². The molecular formula is C11H10F5NO2. The van der Waals surface area contributed by atoms with Crippen LogP contribution in [-0.2, 0) is 11.3 Å². The van der Waals surface area contributed by atoms with Gasteiger partial charge in [0.25, 0.3) is 0 Å².